The van der Waals surface area contributed by atoms with Crippen molar-refractivity contribution in [3.8, 4) is 0 Å². The Kier molecular flexibility index (Phi) is 5.08. The molecule has 1 heterocycles. The number of nitrogens with zero attached hydrogens (tertiary/aromatic N) is 1. The molecule has 2 rings (SSSR count). The third kappa shape index (κ3) is 4.10. The summed E-state index contributed by atoms with van der Waals surface area (Å²) in [7, 11) is 1.81. The molecular formula is C14H18Cl2N2O. The Labute approximate surface area is 123 Å². The molecule has 3 nitrogen and oxygen atoms in total. The van der Waals surface area contributed by atoms with Crippen molar-refractivity contribution in [2.24, 2.45) is 0 Å². The number of amides is 1. The summed E-state index contributed by atoms with van der Waals surface area (Å²) in [6, 6.07) is 5.32. The molecule has 0 unspecified atom stereocenters. The van der Waals surface area contributed by atoms with Crippen molar-refractivity contribution in [3.63, 3.8) is 0 Å². The van der Waals surface area contributed by atoms with E-state index >= 15 is 0 Å². The summed E-state index contributed by atoms with van der Waals surface area (Å²) in [5.74, 6) is 0.135. The first-order valence-electron chi connectivity index (χ1n) is 6.49. The van der Waals surface area contributed by atoms with Gasteiger partial charge in [0.2, 0.25) is 5.91 Å². The molecular weight excluding hydrogens is 283 g/mol. The molecule has 1 atom stereocenters. The minimum absolute atomic E-state index is 0.0478. The van der Waals surface area contributed by atoms with Gasteiger partial charge in [-0.3, -0.25) is 4.79 Å². The number of nitrogens with one attached hydrogen (secondary N) is 1. The Morgan fingerprint density at radius 2 is 2.00 bits per heavy atom. The molecule has 104 valence electrons. The van der Waals surface area contributed by atoms with Gasteiger partial charge >= 0.3 is 0 Å². The Morgan fingerprint density at radius 1 is 1.32 bits per heavy atom. The van der Waals surface area contributed by atoms with Crippen molar-refractivity contribution in [1.29, 1.82) is 0 Å². The highest BCUT2D eigenvalue weighted by atomic mass is 35.5. The van der Waals surface area contributed by atoms with Crippen LogP contribution in [0.25, 0.3) is 0 Å². The van der Waals surface area contributed by atoms with Crippen LogP contribution in [0.1, 0.15) is 24.8 Å². The summed E-state index contributed by atoms with van der Waals surface area (Å²) >= 11 is 11.9. The highest BCUT2D eigenvalue weighted by Crippen LogP contribution is 2.20. The van der Waals surface area contributed by atoms with Gasteiger partial charge in [0.25, 0.3) is 0 Å². The maximum atomic E-state index is 12.3. The summed E-state index contributed by atoms with van der Waals surface area (Å²) in [6.07, 6.45) is 3.18. The van der Waals surface area contributed by atoms with Crippen LogP contribution in [-0.2, 0) is 11.3 Å². The first kappa shape index (κ1) is 14.6. The lowest BCUT2D eigenvalue weighted by Gasteiger charge is -2.27. The maximum absolute atomic E-state index is 12.3. The molecule has 0 saturated carbocycles. The fourth-order valence-corrected chi connectivity index (χ4v) is 2.95. The summed E-state index contributed by atoms with van der Waals surface area (Å²) in [5.41, 5.74) is 0.948. The van der Waals surface area contributed by atoms with Crippen molar-refractivity contribution in [3.05, 3.63) is 33.8 Å². The molecule has 1 aromatic carbocycles. The van der Waals surface area contributed by atoms with Crippen LogP contribution in [0.2, 0.25) is 10.0 Å². The molecule has 1 N–H and O–H groups in total. The van der Waals surface area contributed by atoms with E-state index in [2.05, 4.69) is 5.32 Å². The molecule has 1 aliphatic rings. The molecule has 19 heavy (non-hydrogen) atoms. The number of carbonyl (C=O) groups excluding carboxylic acids is 1. The summed E-state index contributed by atoms with van der Waals surface area (Å²) in [6.45, 7) is 1.45. The molecule has 0 spiro atoms. The van der Waals surface area contributed by atoms with Crippen LogP contribution < -0.4 is 5.32 Å². The van der Waals surface area contributed by atoms with Crippen LogP contribution in [0.3, 0.4) is 0 Å². The van der Waals surface area contributed by atoms with E-state index in [0.29, 0.717) is 16.6 Å². The molecule has 0 radical (unpaired) electrons. The van der Waals surface area contributed by atoms with Gasteiger partial charge in [-0.05, 0) is 43.1 Å². The number of halogens is 2. The molecule has 1 amide bonds. The van der Waals surface area contributed by atoms with Crippen LogP contribution in [-0.4, -0.2) is 30.4 Å². The predicted molar refractivity (Wildman–Crippen MR) is 78.6 cm³/mol. The molecule has 1 aliphatic heterocycles. The minimum atomic E-state index is -0.0478. The quantitative estimate of drug-likeness (QED) is 0.930. The van der Waals surface area contributed by atoms with Crippen LogP contribution in [0.15, 0.2) is 18.2 Å². The Hall–Kier alpha value is -0.770. The van der Waals surface area contributed by atoms with E-state index in [9.17, 15) is 4.79 Å². The Morgan fingerprint density at radius 3 is 2.58 bits per heavy atom. The van der Waals surface area contributed by atoms with Crippen LogP contribution in [0.5, 0.6) is 0 Å². The van der Waals surface area contributed by atoms with Gasteiger partial charge in [-0.2, -0.15) is 0 Å². The summed E-state index contributed by atoms with van der Waals surface area (Å²) < 4.78 is 0. The second kappa shape index (κ2) is 6.60. The lowest BCUT2D eigenvalue weighted by atomic mass is 10.0. The van der Waals surface area contributed by atoms with Crippen LogP contribution in [0.4, 0.5) is 0 Å². The Balaban J connectivity index is 1.99. The van der Waals surface area contributed by atoms with E-state index in [1.165, 1.54) is 0 Å². The molecule has 1 aromatic rings. The van der Waals surface area contributed by atoms with E-state index in [1.54, 1.807) is 11.0 Å². The zero-order valence-corrected chi connectivity index (χ0v) is 12.5. The third-order valence-corrected chi connectivity index (χ3v) is 3.76. The normalized spacial score (nSPS) is 19.2. The topological polar surface area (TPSA) is 32.3 Å². The van der Waals surface area contributed by atoms with Crippen molar-refractivity contribution < 1.29 is 4.79 Å². The number of piperidine rings is 1. The van der Waals surface area contributed by atoms with Crippen LogP contribution in [0, 0.1) is 0 Å². The highest BCUT2D eigenvalue weighted by Gasteiger charge is 2.23. The van der Waals surface area contributed by atoms with E-state index in [4.69, 9.17) is 23.2 Å². The largest absolute Gasteiger partial charge is 0.340 e. The van der Waals surface area contributed by atoms with E-state index in [0.717, 1.165) is 31.4 Å². The molecule has 5 heteroatoms. The molecule has 0 aromatic heterocycles. The van der Waals surface area contributed by atoms with E-state index in [1.807, 2.05) is 19.2 Å². The van der Waals surface area contributed by atoms with Gasteiger partial charge in [-0.25, -0.2) is 0 Å². The van der Waals surface area contributed by atoms with E-state index < -0.39 is 0 Å². The number of hydrogen-bond donors (Lipinski definition) is 1. The van der Waals surface area contributed by atoms with Crippen molar-refractivity contribution >= 4 is 29.1 Å². The monoisotopic (exact) mass is 300 g/mol. The Bertz CT molecular complexity index is 439. The van der Waals surface area contributed by atoms with E-state index in [-0.39, 0.29) is 11.9 Å². The number of benzene rings is 1. The molecule has 1 saturated heterocycles. The van der Waals surface area contributed by atoms with Gasteiger partial charge < -0.3 is 10.2 Å². The number of likely N-dealkylation sites (N-methyl/N-ethyl adjacent to an activating group) is 1. The zero-order valence-electron chi connectivity index (χ0n) is 11.0. The van der Waals surface area contributed by atoms with Gasteiger partial charge in [0, 0.05) is 23.6 Å². The first-order valence-corrected chi connectivity index (χ1v) is 7.25. The number of rotatable bonds is 3. The third-order valence-electron chi connectivity index (χ3n) is 3.33. The fraction of sp³-hybridized carbons (Fsp3) is 0.500. The highest BCUT2D eigenvalue weighted by molar-refractivity contribution is 6.34. The zero-order chi connectivity index (χ0) is 13.8. The lowest BCUT2D eigenvalue weighted by Crippen LogP contribution is -2.46. The van der Waals surface area contributed by atoms with Gasteiger partial charge in [0.05, 0.1) is 6.04 Å². The second-order valence-electron chi connectivity index (χ2n) is 4.97. The van der Waals surface area contributed by atoms with Crippen molar-refractivity contribution in [2.45, 2.75) is 31.8 Å². The van der Waals surface area contributed by atoms with Crippen molar-refractivity contribution in [1.82, 2.24) is 10.2 Å². The van der Waals surface area contributed by atoms with Gasteiger partial charge in [0.1, 0.15) is 0 Å². The SMILES string of the molecule is CN(Cc1cc(Cl)cc(Cl)c1)C(=O)[C@H]1CCCCN1. The minimum Gasteiger partial charge on any atom is -0.340 e. The average molecular weight is 301 g/mol. The van der Waals surface area contributed by atoms with Gasteiger partial charge in [-0.15, -0.1) is 0 Å². The predicted octanol–water partition coefficient (Wildman–Crippen LogP) is 3.09. The van der Waals surface area contributed by atoms with Crippen LogP contribution >= 0.6 is 23.2 Å². The molecule has 0 bridgehead atoms. The smallest absolute Gasteiger partial charge is 0.239 e. The standard InChI is InChI=1S/C14H18Cl2N2O/c1-18(14(19)13-4-2-3-5-17-13)9-10-6-11(15)8-12(16)7-10/h6-8,13,17H,2-5,9H2,1H3/t13-/m1/s1. The fourth-order valence-electron chi connectivity index (χ4n) is 2.38. The number of carbonyl (C=O) groups is 1. The van der Waals surface area contributed by atoms with Gasteiger partial charge in [-0.1, -0.05) is 29.6 Å². The number of hydrogen-bond acceptors (Lipinski definition) is 2. The van der Waals surface area contributed by atoms with Gasteiger partial charge in [0.15, 0.2) is 0 Å². The average Bonchev–Trinajstić information content (AvgIpc) is 2.37. The second-order valence-corrected chi connectivity index (χ2v) is 5.85. The molecule has 1 fully saturated rings. The lowest BCUT2D eigenvalue weighted by molar-refractivity contribution is -0.133. The summed E-state index contributed by atoms with van der Waals surface area (Å²) in [5, 5.41) is 4.46. The maximum Gasteiger partial charge on any atom is 0.239 e. The molecule has 0 aliphatic carbocycles. The first-order chi connectivity index (χ1) is 9.06. The summed E-state index contributed by atoms with van der Waals surface area (Å²) in [4.78, 5) is 14.0. The van der Waals surface area contributed by atoms with Crippen molar-refractivity contribution in [2.75, 3.05) is 13.6 Å².